The fraction of sp³-hybridized carbons (Fsp3) is 0.176. The zero-order valence-electron chi connectivity index (χ0n) is 12.0. The monoisotopic (exact) mass is 302 g/mol. The van der Waals surface area contributed by atoms with Gasteiger partial charge >= 0.3 is 7.60 Å². The Balaban J connectivity index is 1.97. The standard InChI is InChI=1S/C17H19O3P/c1-2-13-21(18,19-14-16-9-5-3-6-10-16)20-15-17-11-7-4-8-12-17/h2-13H,14-15H2,1H3/b13-2+. The number of hydrogen-bond donors (Lipinski definition) is 0. The van der Waals surface area contributed by atoms with E-state index < -0.39 is 7.60 Å². The van der Waals surface area contributed by atoms with Crippen molar-refractivity contribution in [3.05, 3.63) is 83.7 Å². The van der Waals surface area contributed by atoms with Gasteiger partial charge < -0.3 is 9.05 Å². The quantitative estimate of drug-likeness (QED) is 0.664. The first kappa shape index (κ1) is 15.7. The van der Waals surface area contributed by atoms with Gasteiger partial charge in [0.1, 0.15) is 0 Å². The molecule has 3 nitrogen and oxygen atoms in total. The summed E-state index contributed by atoms with van der Waals surface area (Å²) >= 11 is 0. The Kier molecular flexibility index (Phi) is 5.94. The molecule has 0 heterocycles. The van der Waals surface area contributed by atoms with Gasteiger partial charge in [-0.1, -0.05) is 66.7 Å². The Morgan fingerprint density at radius 2 is 1.29 bits per heavy atom. The number of benzene rings is 2. The maximum absolute atomic E-state index is 12.6. The Morgan fingerprint density at radius 1 is 0.857 bits per heavy atom. The summed E-state index contributed by atoms with van der Waals surface area (Å²) in [7, 11) is -3.23. The predicted octanol–water partition coefficient (Wildman–Crippen LogP) is 5.15. The maximum atomic E-state index is 12.6. The Labute approximate surface area is 125 Å². The van der Waals surface area contributed by atoms with Crippen molar-refractivity contribution in [3.63, 3.8) is 0 Å². The topological polar surface area (TPSA) is 35.5 Å². The van der Waals surface area contributed by atoms with E-state index in [-0.39, 0.29) is 13.2 Å². The molecule has 0 unspecified atom stereocenters. The minimum Gasteiger partial charge on any atom is -0.301 e. The minimum absolute atomic E-state index is 0.261. The summed E-state index contributed by atoms with van der Waals surface area (Å²) in [6.07, 6.45) is 1.69. The Bertz CT molecular complexity index is 561. The lowest BCUT2D eigenvalue weighted by Gasteiger charge is -2.15. The summed E-state index contributed by atoms with van der Waals surface area (Å²) in [6, 6.07) is 19.3. The molecule has 0 fully saturated rings. The van der Waals surface area contributed by atoms with Gasteiger partial charge in [0.2, 0.25) is 0 Å². The summed E-state index contributed by atoms with van der Waals surface area (Å²) in [6.45, 7) is 2.32. The lowest BCUT2D eigenvalue weighted by atomic mass is 10.2. The first-order chi connectivity index (χ1) is 10.2. The third-order valence-electron chi connectivity index (χ3n) is 2.84. The normalized spacial score (nSPS) is 11.9. The van der Waals surface area contributed by atoms with Gasteiger partial charge in [-0.25, -0.2) is 0 Å². The van der Waals surface area contributed by atoms with E-state index in [2.05, 4.69) is 0 Å². The molecule has 0 amide bonds. The maximum Gasteiger partial charge on any atom is 0.354 e. The van der Waals surface area contributed by atoms with Crippen molar-refractivity contribution in [2.75, 3.05) is 0 Å². The second-order valence-corrected chi connectivity index (χ2v) is 6.43. The van der Waals surface area contributed by atoms with E-state index in [0.29, 0.717) is 0 Å². The molecule has 2 aromatic carbocycles. The first-order valence-electron chi connectivity index (χ1n) is 6.82. The molecule has 0 saturated carbocycles. The first-order valence-corrected chi connectivity index (χ1v) is 8.43. The van der Waals surface area contributed by atoms with Crippen LogP contribution in [0.3, 0.4) is 0 Å². The van der Waals surface area contributed by atoms with Crippen LogP contribution in [0.2, 0.25) is 0 Å². The molecule has 0 aliphatic heterocycles. The van der Waals surface area contributed by atoms with Crippen molar-refractivity contribution in [1.82, 2.24) is 0 Å². The van der Waals surface area contributed by atoms with Crippen LogP contribution in [0.4, 0.5) is 0 Å². The van der Waals surface area contributed by atoms with Gasteiger partial charge in [0.25, 0.3) is 0 Å². The second kappa shape index (κ2) is 7.94. The van der Waals surface area contributed by atoms with E-state index in [9.17, 15) is 4.57 Å². The largest absolute Gasteiger partial charge is 0.354 e. The third-order valence-corrected chi connectivity index (χ3v) is 4.48. The van der Waals surface area contributed by atoms with Crippen LogP contribution in [-0.2, 0) is 26.8 Å². The number of rotatable bonds is 7. The highest BCUT2D eigenvalue weighted by atomic mass is 31.2. The average molecular weight is 302 g/mol. The predicted molar refractivity (Wildman–Crippen MR) is 84.9 cm³/mol. The smallest absolute Gasteiger partial charge is 0.301 e. The zero-order valence-corrected chi connectivity index (χ0v) is 12.9. The van der Waals surface area contributed by atoms with Crippen LogP contribution in [0.5, 0.6) is 0 Å². The van der Waals surface area contributed by atoms with Crippen molar-refractivity contribution in [3.8, 4) is 0 Å². The van der Waals surface area contributed by atoms with Crippen LogP contribution in [-0.4, -0.2) is 0 Å². The molecule has 0 radical (unpaired) electrons. The molecule has 0 aliphatic rings. The molecule has 0 saturated heterocycles. The summed E-state index contributed by atoms with van der Waals surface area (Å²) in [5.41, 5.74) is 1.93. The van der Waals surface area contributed by atoms with Gasteiger partial charge in [0.15, 0.2) is 0 Å². The fourth-order valence-electron chi connectivity index (χ4n) is 1.78. The van der Waals surface area contributed by atoms with Crippen molar-refractivity contribution in [2.45, 2.75) is 20.1 Å². The molecule has 0 bridgehead atoms. The van der Waals surface area contributed by atoms with Gasteiger partial charge in [-0.2, -0.15) is 0 Å². The van der Waals surface area contributed by atoms with Crippen LogP contribution < -0.4 is 0 Å². The molecular weight excluding hydrogens is 283 g/mol. The van der Waals surface area contributed by atoms with Gasteiger partial charge in [0.05, 0.1) is 13.2 Å². The van der Waals surface area contributed by atoms with Crippen LogP contribution in [0.25, 0.3) is 0 Å². The van der Waals surface area contributed by atoms with Crippen LogP contribution in [0, 0.1) is 0 Å². The average Bonchev–Trinajstić information content (AvgIpc) is 2.54. The van der Waals surface area contributed by atoms with Crippen LogP contribution in [0.15, 0.2) is 72.6 Å². The van der Waals surface area contributed by atoms with E-state index in [1.807, 2.05) is 60.7 Å². The summed E-state index contributed by atoms with van der Waals surface area (Å²) < 4.78 is 23.7. The molecule has 4 heteroatoms. The Hall–Kier alpha value is -1.67. The summed E-state index contributed by atoms with van der Waals surface area (Å²) in [5, 5.41) is 0. The van der Waals surface area contributed by atoms with Gasteiger partial charge in [-0.3, -0.25) is 4.57 Å². The zero-order chi connectivity index (χ0) is 15.0. The molecule has 0 atom stereocenters. The van der Waals surface area contributed by atoms with Crippen LogP contribution >= 0.6 is 7.60 Å². The SMILES string of the molecule is C/C=C/P(=O)(OCc1ccccc1)OCc1ccccc1. The molecule has 0 spiro atoms. The molecule has 0 aromatic heterocycles. The van der Waals surface area contributed by atoms with Crippen molar-refractivity contribution >= 4 is 7.60 Å². The van der Waals surface area contributed by atoms with Gasteiger partial charge in [0, 0.05) is 5.82 Å². The molecule has 2 rings (SSSR count). The summed E-state index contributed by atoms with van der Waals surface area (Å²) in [5.74, 6) is 1.50. The molecule has 21 heavy (non-hydrogen) atoms. The fourth-order valence-corrected chi connectivity index (χ4v) is 3.05. The van der Waals surface area contributed by atoms with E-state index in [4.69, 9.17) is 9.05 Å². The Morgan fingerprint density at radius 3 is 1.67 bits per heavy atom. The van der Waals surface area contributed by atoms with E-state index >= 15 is 0 Å². The second-order valence-electron chi connectivity index (χ2n) is 4.54. The van der Waals surface area contributed by atoms with Crippen molar-refractivity contribution < 1.29 is 13.6 Å². The van der Waals surface area contributed by atoms with Crippen molar-refractivity contribution in [2.24, 2.45) is 0 Å². The molecular formula is C17H19O3P. The van der Waals surface area contributed by atoms with E-state index in [0.717, 1.165) is 11.1 Å². The van der Waals surface area contributed by atoms with Crippen molar-refractivity contribution in [1.29, 1.82) is 0 Å². The lowest BCUT2D eigenvalue weighted by molar-refractivity contribution is 0.199. The molecule has 2 aromatic rings. The number of allylic oxidation sites excluding steroid dienone is 1. The highest BCUT2D eigenvalue weighted by Gasteiger charge is 2.20. The van der Waals surface area contributed by atoms with Gasteiger partial charge in [-0.15, -0.1) is 0 Å². The molecule has 0 aliphatic carbocycles. The highest BCUT2D eigenvalue weighted by Crippen LogP contribution is 2.51. The van der Waals surface area contributed by atoms with E-state index in [1.165, 1.54) is 5.82 Å². The molecule has 0 N–H and O–H groups in total. The molecule has 110 valence electrons. The summed E-state index contributed by atoms with van der Waals surface area (Å²) in [4.78, 5) is 0. The number of hydrogen-bond acceptors (Lipinski definition) is 3. The third kappa shape index (κ3) is 5.31. The van der Waals surface area contributed by atoms with E-state index in [1.54, 1.807) is 13.0 Å². The van der Waals surface area contributed by atoms with Gasteiger partial charge in [-0.05, 0) is 18.1 Å². The lowest BCUT2D eigenvalue weighted by Crippen LogP contribution is -1.96. The van der Waals surface area contributed by atoms with Crippen LogP contribution in [0.1, 0.15) is 18.1 Å². The minimum atomic E-state index is -3.23. The highest BCUT2D eigenvalue weighted by molar-refractivity contribution is 7.57.